The summed E-state index contributed by atoms with van der Waals surface area (Å²) in [6.07, 6.45) is -3.15. The number of hydrogen-bond acceptors (Lipinski definition) is 13. The van der Waals surface area contributed by atoms with Crippen LogP contribution in [0.3, 0.4) is 0 Å². The van der Waals surface area contributed by atoms with E-state index in [1.165, 1.54) is 72.8 Å². The van der Waals surface area contributed by atoms with Gasteiger partial charge >= 0.3 is 11.9 Å². The number of hydrogen-bond donors (Lipinski definition) is 2. The molecule has 0 bridgehead atoms. The van der Waals surface area contributed by atoms with Gasteiger partial charge in [-0.05, 0) is 27.0 Å². The maximum Gasteiger partial charge on any atom is 0.473 e. The summed E-state index contributed by atoms with van der Waals surface area (Å²) in [4.78, 5) is 82.7. The molecule has 0 saturated carbocycles. The summed E-state index contributed by atoms with van der Waals surface area (Å²) in [6.45, 7) is 0. The third-order valence-electron chi connectivity index (χ3n) is 8.96. The molecule has 1 aliphatic rings. The first-order chi connectivity index (χ1) is 25.6. The number of aliphatic hydroxyl groups excluding tert-OH is 1. The number of aliphatic hydroxyl groups is 1. The van der Waals surface area contributed by atoms with E-state index in [9.17, 15) is 20.0 Å². The summed E-state index contributed by atoms with van der Waals surface area (Å²) in [5.74, 6) is -5.62. The van der Waals surface area contributed by atoms with Gasteiger partial charge in [0.25, 0.3) is 5.60 Å². The molecule has 3 atom stereocenters. The molecule has 264 valence electrons. The third kappa shape index (κ3) is 5.79. The Hall–Kier alpha value is -6.97. The number of carbonyl (C=O) groups excluding carboxylic acids is 4. The Morgan fingerprint density at radius 3 is 1.81 bits per heavy atom. The zero-order chi connectivity index (χ0) is 37.3. The first-order valence-electron chi connectivity index (χ1n) is 16.2. The second kappa shape index (κ2) is 13.6. The van der Waals surface area contributed by atoms with Crippen molar-refractivity contribution in [3.8, 4) is 0 Å². The summed E-state index contributed by atoms with van der Waals surface area (Å²) >= 11 is 0. The van der Waals surface area contributed by atoms with Crippen LogP contribution >= 0.6 is 0 Å². The van der Waals surface area contributed by atoms with Gasteiger partial charge in [0.1, 0.15) is 12.4 Å². The van der Waals surface area contributed by atoms with E-state index in [0.29, 0.717) is 0 Å². The molecule has 0 aliphatic carbocycles. The van der Waals surface area contributed by atoms with E-state index in [-0.39, 0.29) is 39.2 Å². The average Bonchev–Trinajstić information content (AvgIpc) is 3.79. The largest absolute Gasteiger partial charge is 0.473 e. The number of nitrogens with two attached hydrogens (primary N) is 1. The fourth-order valence-electron chi connectivity index (χ4n) is 6.52. The summed E-state index contributed by atoms with van der Waals surface area (Å²) in [5, 5.41) is 23.6. The molecule has 0 unspecified atom stereocenters. The quantitative estimate of drug-likeness (QED) is 0.0618. The van der Waals surface area contributed by atoms with Crippen LogP contribution in [0.1, 0.15) is 54.1 Å². The molecule has 0 amide bonds. The molecular formula is C38H28N6O9. The van der Waals surface area contributed by atoms with Crippen molar-refractivity contribution >= 4 is 46.2 Å². The number of imidazole rings is 1. The highest BCUT2D eigenvalue weighted by molar-refractivity contribution is 6.29. The summed E-state index contributed by atoms with van der Waals surface area (Å²) in [6, 6.07) is 30.0. The van der Waals surface area contributed by atoms with Crippen LogP contribution in [0.4, 0.5) is 11.8 Å². The molecule has 7 rings (SSSR count). The number of ketones is 3. The number of nitrogen functional groups attached to an aromatic ring is 1. The number of nitrogens with zero attached hydrogens (tertiary/aromatic N) is 5. The first kappa shape index (κ1) is 34.5. The molecule has 1 aliphatic heterocycles. The van der Waals surface area contributed by atoms with Crippen LogP contribution in [0.25, 0.3) is 11.2 Å². The molecule has 0 spiro atoms. The Labute approximate surface area is 299 Å². The number of anilines is 1. The van der Waals surface area contributed by atoms with Crippen LogP contribution in [0.2, 0.25) is 0 Å². The standard InChI is InChI=1S/C38H28N6O9/c39-32-28-33(42-36(41-32)44(50)51)43(22-40-28)34-27(45)21-37(52-34,29(46)23-13-5-1-6-14-23)38(30(47)24-15-7-2-8-16-24,31(48)25-17-9-3-10-18-25)53-35(49)26-19-11-4-12-20-26/h1-20,22,27,34,45H,21H2,(H2,39,41,42)/t27-,34-,37-/m1/s1. The van der Waals surface area contributed by atoms with Crippen molar-refractivity contribution < 1.29 is 38.7 Å². The minimum absolute atomic E-state index is 0.0556. The molecule has 4 aromatic carbocycles. The van der Waals surface area contributed by atoms with Crippen molar-refractivity contribution in [2.75, 3.05) is 5.73 Å². The lowest BCUT2D eigenvalue weighted by atomic mass is 9.67. The van der Waals surface area contributed by atoms with Gasteiger partial charge in [-0.15, -0.1) is 0 Å². The summed E-state index contributed by atoms with van der Waals surface area (Å²) in [7, 11) is 0. The lowest BCUT2D eigenvalue weighted by Crippen LogP contribution is -2.69. The molecule has 1 fully saturated rings. The van der Waals surface area contributed by atoms with E-state index >= 15 is 14.4 Å². The van der Waals surface area contributed by atoms with E-state index < -0.39 is 64.1 Å². The molecule has 1 saturated heterocycles. The second-order valence-corrected chi connectivity index (χ2v) is 12.1. The smallest absolute Gasteiger partial charge is 0.435 e. The van der Waals surface area contributed by atoms with Crippen LogP contribution < -0.4 is 5.73 Å². The van der Waals surface area contributed by atoms with Gasteiger partial charge in [-0.2, -0.15) is 0 Å². The highest BCUT2D eigenvalue weighted by atomic mass is 16.6. The van der Waals surface area contributed by atoms with Gasteiger partial charge in [-0.3, -0.25) is 19.0 Å². The maximum absolute atomic E-state index is 15.3. The van der Waals surface area contributed by atoms with Gasteiger partial charge in [-0.1, -0.05) is 109 Å². The van der Waals surface area contributed by atoms with Crippen LogP contribution in [-0.4, -0.2) is 70.2 Å². The number of rotatable bonds is 11. The van der Waals surface area contributed by atoms with Crippen molar-refractivity contribution in [3.05, 3.63) is 160 Å². The van der Waals surface area contributed by atoms with E-state index in [1.807, 2.05) is 0 Å². The Morgan fingerprint density at radius 1 is 0.811 bits per heavy atom. The number of esters is 1. The number of aromatic nitrogens is 4. The minimum atomic E-state index is -3.15. The van der Waals surface area contributed by atoms with E-state index in [1.54, 1.807) is 48.5 Å². The Kier molecular flexibility index (Phi) is 8.87. The summed E-state index contributed by atoms with van der Waals surface area (Å²) in [5.41, 5.74) is -0.694. The van der Waals surface area contributed by atoms with Gasteiger partial charge in [0.2, 0.25) is 23.0 Å². The predicted octanol–water partition coefficient (Wildman–Crippen LogP) is 4.58. The van der Waals surface area contributed by atoms with Crippen molar-refractivity contribution in [2.24, 2.45) is 0 Å². The SMILES string of the molecule is Nc1nc([N+](=O)[O-])nc2c1ncn2[C@@H]1O[C@](C(=O)c2ccccc2)(C(OC(=O)c2ccccc2)(C(=O)c2ccccc2)C(=O)c2ccccc2)C[C@H]1O. The van der Waals surface area contributed by atoms with Gasteiger partial charge in [-0.25, -0.2) is 9.78 Å². The number of Topliss-reactive ketones (excluding diaryl/α,β-unsaturated/α-hetero) is 3. The van der Waals surface area contributed by atoms with Crippen molar-refractivity contribution in [1.82, 2.24) is 19.5 Å². The molecule has 0 radical (unpaired) electrons. The summed E-state index contributed by atoms with van der Waals surface area (Å²) < 4.78 is 13.9. The highest BCUT2D eigenvalue weighted by Gasteiger charge is 2.73. The maximum atomic E-state index is 15.3. The molecule has 3 heterocycles. The molecule has 2 aromatic heterocycles. The predicted molar refractivity (Wildman–Crippen MR) is 187 cm³/mol. The zero-order valence-electron chi connectivity index (χ0n) is 27.5. The Balaban J connectivity index is 1.54. The normalized spacial score (nSPS) is 18.4. The van der Waals surface area contributed by atoms with E-state index in [2.05, 4.69) is 15.0 Å². The van der Waals surface area contributed by atoms with Crippen LogP contribution in [0.15, 0.2) is 128 Å². The zero-order valence-corrected chi connectivity index (χ0v) is 27.5. The highest BCUT2D eigenvalue weighted by Crippen LogP contribution is 2.50. The Bertz CT molecular complexity index is 2320. The third-order valence-corrected chi connectivity index (χ3v) is 8.96. The van der Waals surface area contributed by atoms with Crippen LogP contribution in [-0.2, 0) is 9.47 Å². The topological polar surface area (TPSA) is 220 Å². The van der Waals surface area contributed by atoms with Gasteiger partial charge in [0, 0.05) is 23.1 Å². The van der Waals surface area contributed by atoms with E-state index in [4.69, 9.17) is 15.2 Å². The van der Waals surface area contributed by atoms with Crippen LogP contribution in [0.5, 0.6) is 0 Å². The fraction of sp³-hybridized carbons (Fsp3) is 0.132. The van der Waals surface area contributed by atoms with Crippen LogP contribution in [0, 0.1) is 10.1 Å². The molecule has 15 nitrogen and oxygen atoms in total. The number of benzene rings is 4. The lowest BCUT2D eigenvalue weighted by molar-refractivity contribution is -0.394. The number of fused-ring (bicyclic) bond motifs is 1. The molecule has 53 heavy (non-hydrogen) atoms. The van der Waals surface area contributed by atoms with Crippen molar-refractivity contribution in [1.29, 1.82) is 0 Å². The van der Waals surface area contributed by atoms with Crippen molar-refractivity contribution in [3.63, 3.8) is 0 Å². The number of ether oxygens (including phenoxy) is 2. The monoisotopic (exact) mass is 712 g/mol. The molecule has 15 heteroatoms. The van der Waals surface area contributed by atoms with Gasteiger partial charge in [0.15, 0.2) is 23.1 Å². The lowest BCUT2D eigenvalue weighted by Gasteiger charge is -2.43. The first-order valence-corrected chi connectivity index (χ1v) is 16.2. The number of carbonyl (C=O) groups is 4. The fourth-order valence-corrected chi connectivity index (χ4v) is 6.52. The Morgan fingerprint density at radius 2 is 1.30 bits per heavy atom. The van der Waals surface area contributed by atoms with E-state index in [0.717, 1.165) is 10.9 Å². The van der Waals surface area contributed by atoms with Crippen molar-refractivity contribution in [2.45, 2.75) is 30.0 Å². The minimum Gasteiger partial charge on any atom is -0.435 e. The number of nitro groups is 1. The second-order valence-electron chi connectivity index (χ2n) is 12.1. The van der Waals surface area contributed by atoms with Gasteiger partial charge in [0.05, 0.1) is 5.56 Å². The molecule has 6 aromatic rings. The average molecular weight is 713 g/mol. The van der Waals surface area contributed by atoms with Gasteiger partial charge < -0.3 is 30.4 Å². The molecule has 3 N–H and O–H groups in total. The molecular weight excluding hydrogens is 684 g/mol.